The van der Waals surface area contributed by atoms with E-state index in [1.807, 2.05) is 6.92 Å². The first-order chi connectivity index (χ1) is 9.40. The van der Waals surface area contributed by atoms with Crippen LogP contribution in [0.25, 0.3) is 11.3 Å². The van der Waals surface area contributed by atoms with E-state index in [1.165, 1.54) is 0 Å². The highest BCUT2D eigenvalue weighted by Crippen LogP contribution is 2.31. The van der Waals surface area contributed by atoms with Crippen molar-refractivity contribution in [2.24, 2.45) is 0 Å². The van der Waals surface area contributed by atoms with Gasteiger partial charge in [-0.05, 0) is 6.92 Å². The quantitative estimate of drug-likeness (QED) is 0.826. The fourth-order valence-electron chi connectivity index (χ4n) is 1.59. The predicted molar refractivity (Wildman–Crippen MR) is 67.4 cm³/mol. The normalized spacial score (nSPS) is 10.3. The monoisotopic (exact) mass is 280 g/mol. The molecular weight excluding hydrogens is 270 g/mol. The molecular formula is C13H10F2N2O3. The van der Waals surface area contributed by atoms with Crippen molar-refractivity contribution in [3.05, 3.63) is 41.5 Å². The van der Waals surface area contributed by atoms with Crippen molar-refractivity contribution in [1.29, 1.82) is 0 Å². The molecule has 0 atom stereocenters. The van der Waals surface area contributed by atoms with Gasteiger partial charge in [0.25, 0.3) is 5.88 Å². The van der Waals surface area contributed by atoms with Gasteiger partial charge in [-0.3, -0.25) is 0 Å². The highest BCUT2D eigenvalue weighted by molar-refractivity contribution is 5.68. The first-order valence-corrected chi connectivity index (χ1v) is 5.52. The smallest absolute Gasteiger partial charge is 0.449 e. The number of pyridine rings is 1. The van der Waals surface area contributed by atoms with Gasteiger partial charge in [0.1, 0.15) is 11.4 Å². The second-order valence-corrected chi connectivity index (χ2v) is 4.04. The van der Waals surface area contributed by atoms with Crippen LogP contribution in [0.2, 0.25) is 0 Å². The minimum absolute atomic E-state index is 0.278. The Balaban J connectivity index is 2.60. The Morgan fingerprint density at radius 3 is 2.40 bits per heavy atom. The average molecular weight is 280 g/mol. The van der Waals surface area contributed by atoms with Gasteiger partial charge in [0.15, 0.2) is 5.82 Å². The van der Waals surface area contributed by atoms with E-state index in [1.54, 1.807) is 24.3 Å². The Morgan fingerprint density at radius 2 is 1.85 bits per heavy atom. The first-order valence-electron chi connectivity index (χ1n) is 5.52. The van der Waals surface area contributed by atoms with Crippen LogP contribution < -0.4 is 10.5 Å². The summed E-state index contributed by atoms with van der Waals surface area (Å²) >= 11 is 0. The number of carboxylic acid groups (broad SMARTS) is 1. The molecule has 0 aliphatic heterocycles. The number of nitrogens with two attached hydrogens (primary N) is 1. The van der Waals surface area contributed by atoms with Crippen molar-refractivity contribution >= 4 is 11.8 Å². The van der Waals surface area contributed by atoms with Crippen LogP contribution in [0, 0.1) is 18.6 Å². The molecule has 2 aromatic rings. The molecule has 0 fully saturated rings. The number of benzene rings is 1. The topological polar surface area (TPSA) is 85.4 Å². The average Bonchev–Trinajstić information content (AvgIpc) is 2.40. The molecule has 1 aromatic heterocycles. The van der Waals surface area contributed by atoms with Gasteiger partial charge in [-0.15, -0.1) is 0 Å². The largest absolute Gasteiger partial charge is 0.512 e. The number of halogens is 2. The third-order valence-electron chi connectivity index (χ3n) is 2.59. The molecule has 0 aliphatic rings. The van der Waals surface area contributed by atoms with Gasteiger partial charge in [-0.2, -0.15) is 4.39 Å². The molecule has 0 bridgehead atoms. The number of nitrogens with zero attached hydrogens (tertiary/aromatic N) is 1. The van der Waals surface area contributed by atoms with Crippen molar-refractivity contribution in [3.63, 3.8) is 0 Å². The standard InChI is InChI=1S/C13H10F2N2O3/c1-6-2-4-7(5-3-6)11-8(14)10(16)9(15)12(17-11)20-13(18)19/h2-5H,1H3,(H2,16,17)(H,18,19). The van der Waals surface area contributed by atoms with Gasteiger partial charge >= 0.3 is 6.16 Å². The fraction of sp³-hybridized carbons (Fsp3) is 0.0769. The van der Waals surface area contributed by atoms with Crippen LogP contribution in [0.3, 0.4) is 0 Å². The zero-order valence-electron chi connectivity index (χ0n) is 10.4. The van der Waals surface area contributed by atoms with Gasteiger partial charge in [0.2, 0.25) is 5.82 Å². The van der Waals surface area contributed by atoms with Crippen molar-refractivity contribution in [2.75, 3.05) is 5.73 Å². The summed E-state index contributed by atoms with van der Waals surface area (Å²) in [6.07, 6.45) is -1.77. The van der Waals surface area contributed by atoms with E-state index < -0.39 is 29.4 Å². The van der Waals surface area contributed by atoms with Crippen LogP contribution in [0.1, 0.15) is 5.56 Å². The molecule has 7 heteroatoms. The lowest BCUT2D eigenvalue weighted by Crippen LogP contribution is -2.10. The lowest BCUT2D eigenvalue weighted by molar-refractivity contribution is 0.140. The minimum atomic E-state index is -1.77. The van der Waals surface area contributed by atoms with Gasteiger partial charge in [-0.25, -0.2) is 14.2 Å². The number of ether oxygens (including phenoxy) is 1. The molecule has 0 saturated heterocycles. The summed E-state index contributed by atoms with van der Waals surface area (Å²) in [7, 11) is 0. The second-order valence-electron chi connectivity index (χ2n) is 4.04. The number of aromatic nitrogens is 1. The molecule has 20 heavy (non-hydrogen) atoms. The molecule has 0 amide bonds. The summed E-state index contributed by atoms with van der Waals surface area (Å²) in [5, 5.41) is 8.49. The van der Waals surface area contributed by atoms with Gasteiger partial charge in [0, 0.05) is 5.56 Å². The number of anilines is 1. The van der Waals surface area contributed by atoms with Crippen molar-refractivity contribution in [2.45, 2.75) is 6.92 Å². The molecule has 1 heterocycles. The Morgan fingerprint density at radius 1 is 1.25 bits per heavy atom. The van der Waals surface area contributed by atoms with Crippen LogP contribution >= 0.6 is 0 Å². The number of aryl methyl sites for hydroxylation is 1. The maximum Gasteiger partial charge on any atom is 0.512 e. The highest BCUT2D eigenvalue weighted by atomic mass is 19.1. The van der Waals surface area contributed by atoms with Crippen LogP contribution in [-0.4, -0.2) is 16.2 Å². The summed E-state index contributed by atoms with van der Waals surface area (Å²) < 4.78 is 31.7. The molecule has 3 N–H and O–H groups in total. The Bertz CT molecular complexity index is 672. The van der Waals surface area contributed by atoms with Gasteiger partial charge in [-0.1, -0.05) is 29.8 Å². The summed E-state index contributed by atoms with van der Waals surface area (Å²) in [4.78, 5) is 14.0. The van der Waals surface area contributed by atoms with Crippen molar-refractivity contribution in [1.82, 2.24) is 4.98 Å². The van der Waals surface area contributed by atoms with Crippen molar-refractivity contribution < 1.29 is 23.4 Å². The number of hydrogen-bond donors (Lipinski definition) is 2. The molecule has 0 radical (unpaired) electrons. The van der Waals surface area contributed by atoms with E-state index >= 15 is 0 Å². The molecule has 1 aromatic carbocycles. The SMILES string of the molecule is Cc1ccc(-c2nc(OC(=O)O)c(F)c(N)c2F)cc1. The van der Waals surface area contributed by atoms with E-state index in [-0.39, 0.29) is 5.69 Å². The highest BCUT2D eigenvalue weighted by Gasteiger charge is 2.21. The number of hydrogen-bond acceptors (Lipinski definition) is 4. The molecule has 0 unspecified atom stereocenters. The summed E-state index contributed by atoms with van der Waals surface area (Å²) in [5.74, 6) is -3.29. The fourth-order valence-corrected chi connectivity index (χ4v) is 1.59. The van der Waals surface area contributed by atoms with Gasteiger partial charge in [0.05, 0.1) is 0 Å². The predicted octanol–water partition coefficient (Wildman–Crippen LogP) is 2.97. The lowest BCUT2D eigenvalue weighted by atomic mass is 10.1. The maximum absolute atomic E-state index is 13.9. The number of rotatable bonds is 2. The van der Waals surface area contributed by atoms with Crippen LogP contribution in [-0.2, 0) is 0 Å². The summed E-state index contributed by atoms with van der Waals surface area (Å²) in [6, 6.07) is 6.52. The third kappa shape index (κ3) is 2.51. The molecule has 0 spiro atoms. The second kappa shape index (κ2) is 5.12. The van der Waals surface area contributed by atoms with Crippen LogP contribution in [0.4, 0.5) is 19.3 Å². The Labute approximate surface area is 112 Å². The van der Waals surface area contributed by atoms with E-state index in [0.717, 1.165) is 5.56 Å². The molecule has 2 rings (SSSR count). The Hall–Kier alpha value is -2.70. The van der Waals surface area contributed by atoms with E-state index in [9.17, 15) is 13.6 Å². The zero-order valence-corrected chi connectivity index (χ0v) is 10.4. The van der Waals surface area contributed by atoms with Gasteiger partial charge < -0.3 is 15.6 Å². The summed E-state index contributed by atoms with van der Waals surface area (Å²) in [5.41, 5.74) is 5.41. The number of nitrogen functional groups attached to an aromatic ring is 1. The zero-order chi connectivity index (χ0) is 14.9. The molecule has 0 aliphatic carbocycles. The maximum atomic E-state index is 13.9. The molecule has 5 nitrogen and oxygen atoms in total. The molecule has 0 saturated carbocycles. The van der Waals surface area contributed by atoms with E-state index in [4.69, 9.17) is 10.8 Å². The molecule has 104 valence electrons. The first kappa shape index (κ1) is 13.7. The third-order valence-corrected chi connectivity index (χ3v) is 2.59. The Kier molecular flexibility index (Phi) is 3.51. The lowest BCUT2D eigenvalue weighted by Gasteiger charge is -2.09. The van der Waals surface area contributed by atoms with Crippen molar-refractivity contribution in [3.8, 4) is 17.1 Å². The minimum Gasteiger partial charge on any atom is -0.449 e. The van der Waals surface area contributed by atoms with Crippen LogP contribution in [0.5, 0.6) is 5.88 Å². The summed E-state index contributed by atoms with van der Waals surface area (Å²) in [6.45, 7) is 1.84. The number of carbonyl (C=O) groups is 1. The van der Waals surface area contributed by atoms with E-state index in [2.05, 4.69) is 9.72 Å². The van der Waals surface area contributed by atoms with Crippen LogP contribution in [0.15, 0.2) is 24.3 Å². The van der Waals surface area contributed by atoms with E-state index in [0.29, 0.717) is 5.56 Å².